The monoisotopic (exact) mass is 229 g/mol. The van der Waals surface area contributed by atoms with E-state index >= 15 is 0 Å². The third-order valence-electron chi connectivity index (χ3n) is 2.75. The van der Waals surface area contributed by atoms with Crippen LogP contribution in [0.25, 0.3) is 0 Å². The minimum absolute atomic E-state index is 0.923. The highest BCUT2D eigenvalue weighted by atomic mass is 15.2. The normalized spacial score (nSPS) is 10.4. The number of aromatic nitrogens is 2. The molecule has 0 saturated carbocycles. The Labute approximate surface area is 103 Å². The van der Waals surface area contributed by atoms with Crippen molar-refractivity contribution in [3.8, 4) is 0 Å². The van der Waals surface area contributed by atoms with E-state index in [4.69, 9.17) is 0 Å². The molecule has 0 fully saturated rings. The van der Waals surface area contributed by atoms with Crippen molar-refractivity contribution in [3.63, 3.8) is 0 Å². The number of nitrogens with one attached hydrogen (secondary N) is 1. The molecule has 2 aromatic rings. The number of hydrogen-bond acceptors (Lipinski definition) is 2. The smallest absolute Gasteiger partial charge is 0.207 e. The van der Waals surface area contributed by atoms with Gasteiger partial charge < -0.3 is 9.88 Å². The van der Waals surface area contributed by atoms with Gasteiger partial charge in [0.2, 0.25) is 5.95 Å². The fourth-order valence-electron chi connectivity index (χ4n) is 1.80. The van der Waals surface area contributed by atoms with Gasteiger partial charge in [0.1, 0.15) is 0 Å². The Balaban J connectivity index is 1.99. The van der Waals surface area contributed by atoms with Gasteiger partial charge in [-0.1, -0.05) is 38.0 Å². The zero-order valence-corrected chi connectivity index (χ0v) is 10.3. The summed E-state index contributed by atoms with van der Waals surface area (Å²) in [7, 11) is 0. The SMILES string of the molecule is CCCCCn1ccnc1Nc1ccccc1. The predicted octanol–water partition coefficient (Wildman–Crippen LogP) is 3.82. The number of anilines is 2. The fraction of sp³-hybridized carbons (Fsp3) is 0.357. The van der Waals surface area contributed by atoms with Gasteiger partial charge in [-0.15, -0.1) is 0 Å². The summed E-state index contributed by atoms with van der Waals surface area (Å²) in [6, 6.07) is 10.1. The van der Waals surface area contributed by atoms with Crippen molar-refractivity contribution in [2.45, 2.75) is 32.7 Å². The molecular weight excluding hydrogens is 210 g/mol. The first-order valence-electron chi connectivity index (χ1n) is 6.23. The van der Waals surface area contributed by atoms with Crippen LogP contribution < -0.4 is 5.32 Å². The highest BCUT2D eigenvalue weighted by Gasteiger charge is 2.01. The van der Waals surface area contributed by atoms with Crippen molar-refractivity contribution in [2.24, 2.45) is 0 Å². The largest absolute Gasteiger partial charge is 0.326 e. The van der Waals surface area contributed by atoms with E-state index < -0.39 is 0 Å². The second kappa shape index (κ2) is 6.09. The van der Waals surface area contributed by atoms with E-state index in [0.717, 1.165) is 18.2 Å². The molecule has 0 aliphatic heterocycles. The van der Waals surface area contributed by atoms with Crippen LogP contribution in [0, 0.1) is 0 Å². The number of aryl methyl sites for hydroxylation is 1. The molecule has 0 saturated heterocycles. The Hall–Kier alpha value is -1.77. The summed E-state index contributed by atoms with van der Waals surface area (Å²) < 4.78 is 2.17. The molecule has 0 spiro atoms. The molecule has 90 valence electrons. The van der Waals surface area contributed by atoms with Gasteiger partial charge in [0.25, 0.3) is 0 Å². The molecule has 0 aliphatic carbocycles. The third-order valence-corrected chi connectivity index (χ3v) is 2.75. The summed E-state index contributed by atoms with van der Waals surface area (Å²) >= 11 is 0. The van der Waals surface area contributed by atoms with Crippen molar-refractivity contribution < 1.29 is 0 Å². The summed E-state index contributed by atoms with van der Waals surface area (Å²) in [6.07, 6.45) is 7.59. The molecule has 1 aromatic carbocycles. The summed E-state index contributed by atoms with van der Waals surface area (Å²) in [5.41, 5.74) is 1.08. The summed E-state index contributed by atoms with van der Waals surface area (Å²) in [6.45, 7) is 3.25. The molecule has 17 heavy (non-hydrogen) atoms. The topological polar surface area (TPSA) is 29.9 Å². The van der Waals surface area contributed by atoms with E-state index in [2.05, 4.69) is 21.8 Å². The first kappa shape index (κ1) is 11.7. The van der Waals surface area contributed by atoms with Gasteiger partial charge in [0.15, 0.2) is 0 Å². The van der Waals surface area contributed by atoms with Crippen LogP contribution in [0.5, 0.6) is 0 Å². The predicted molar refractivity (Wildman–Crippen MR) is 71.5 cm³/mol. The molecule has 1 heterocycles. The van der Waals surface area contributed by atoms with Crippen molar-refractivity contribution in [1.29, 1.82) is 0 Å². The van der Waals surface area contributed by atoms with Gasteiger partial charge in [0, 0.05) is 24.6 Å². The molecule has 0 aliphatic rings. The number of imidazole rings is 1. The molecule has 0 unspecified atom stereocenters. The summed E-state index contributed by atoms with van der Waals surface area (Å²) in [5, 5.41) is 3.33. The number of nitrogens with zero attached hydrogens (tertiary/aromatic N) is 2. The number of rotatable bonds is 6. The summed E-state index contributed by atoms with van der Waals surface area (Å²) in [5.74, 6) is 0.923. The van der Waals surface area contributed by atoms with E-state index in [-0.39, 0.29) is 0 Å². The lowest BCUT2D eigenvalue weighted by molar-refractivity contribution is 0.607. The van der Waals surface area contributed by atoms with Crippen LogP contribution in [0.4, 0.5) is 11.6 Å². The standard InChI is InChI=1S/C14H19N3/c1-2-3-7-11-17-12-10-15-14(17)16-13-8-5-4-6-9-13/h4-6,8-10,12H,2-3,7,11H2,1H3,(H,15,16). The maximum Gasteiger partial charge on any atom is 0.207 e. The van der Waals surface area contributed by atoms with E-state index in [9.17, 15) is 0 Å². The van der Waals surface area contributed by atoms with E-state index in [0.29, 0.717) is 0 Å². The second-order valence-electron chi connectivity index (χ2n) is 4.14. The first-order valence-corrected chi connectivity index (χ1v) is 6.23. The quantitative estimate of drug-likeness (QED) is 0.763. The molecule has 2 rings (SSSR count). The lowest BCUT2D eigenvalue weighted by atomic mass is 10.2. The van der Waals surface area contributed by atoms with E-state index in [1.165, 1.54) is 19.3 Å². The Bertz CT molecular complexity index is 434. The van der Waals surface area contributed by atoms with E-state index in [1.54, 1.807) is 0 Å². The molecule has 1 aromatic heterocycles. The van der Waals surface area contributed by atoms with Crippen molar-refractivity contribution >= 4 is 11.6 Å². The van der Waals surface area contributed by atoms with Crippen LogP contribution in [-0.4, -0.2) is 9.55 Å². The van der Waals surface area contributed by atoms with Crippen LogP contribution in [-0.2, 0) is 6.54 Å². The molecule has 0 amide bonds. The van der Waals surface area contributed by atoms with E-state index in [1.807, 2.05) is 42.7 Å². The lowest BCUT2D eigenvalue weighted by Crippen LogP contribution is -2.03. The minimum atomic E-state index is 0.923. The minimum Gasteiger partial charge on any atom is -0.326 e. The highest BCUT2D eigenvalue weighted by molar-refractivity contribution is 5.52. The van der Waals surface area contributed by atoms with Crippen LogP contribution >= 0.6 is 0 Å². The van der Waals surface area contributed by atoms with Crippen molar-refractivity contribution in [1.82, 2.24) is 9.55 Å². The van der Waals surface area contributed by atoms with Crippen LogP contribution in [0.1, 0.15) is 26.2 Å². The second-order valence-corrected chi connectivity index (χ2v) is 4.14. The molecular formula is C14H19N3. The van der Waals surface area contributed by atoms with Crippen molar-refractivity contribution in [2.75, 3.05) is 5.32 Å². The maximum absolute atomic E-state index is 4.34. The maximum atomic E-state index is 4.34. The van der Waals surface area contributed by atoms with Crippen LogP contribution in [0.3, 0.4) is 0 Å². The van der Waals surface area contributed by atoms with Crippen LogP contribution in [0.15, 0.2) is 42.7 Å². The molecule has 0 radical (unpaired) electrons. The first-order chi connectivity index (χ1) is 8.40. The zero-order chi connectivity index (χ0) is 11.9. The molecule has 3 nitrogen and oxygen atoms in total. The summed E-state index contributed by atoms with van der Waals surface area (Å²) in [4.78, 5) is 4.34. The molecule has 0 atom stereocenters. The number of para-hydroxylation sites is 1. The number of hydrogen-bond donors (Lipinski definition) is 1. The fourth-order valence-corrected chi connectivity index (χ4v) is 1.80. The molecule has 3 heteroatoms. The van der Waals surface area contributed by atoms with Gasteiger partial charge >= 0.3 is 0 Å². The third kappa shape index (κ3) is 3.34. The molecule has 0 bridgehead atoms. The molecule has 1 N–H and O–H groups in total. The Kier molecular flexibility index (Phi) is 4.19. The van der Waals surface area contributed by atoms with Gasteiger partial charge in [-0.3, -0.25) is 0 Å². The van der Waals surface area contributed by atoms with Gasteiger partial charge in [0.05, 0.1) is 0 Å². The van der Waals surface area contributed by atoms with Crippen molar-refractivity contribution in [3.05, 3.63) is 42.7 Å². The Morgan fingerprint density at radius 1 is 1.18 bits per heavy atom. The average Bonchev–Trinajstić information content (AvgIpc) is 2.79. The average molecular weight is 229 g/mol. The Morgan fingerprint density at radius 2 is 2.00 bits per heavy atom. The zero-order valence-electron chi connectivity index (χ0n) is 10.3. The Morgan fingerprint density at radius 3 is 2.76 bits per heavy atom. The lowest BCUT2D eigenvalue weighted by Gasteiger charge is -2.09. The number of benzene rings is 1. The van der Waals surface area contributed by atoms with Crippen LogP contribution in [0.2, 0.25) is 0 Å². The van der Waals surface area contributed by atoms with Gasteiger partial charge in [-0.25, -0.2) is 4.98 Å². The highest BCUT2D eigenvalue weighted by Crippen LogP contribution is 2.14. The van der Waals surface area contributed by atoms with Gasteiger partial charge in [-0.05, 0) is 18.6 Å². The number of unbranched alkanes of at least 4 members (excludes halogenated alkanes) is 2. The van der Waals surface area contributed by atoms with Gasteiger partial charge in [-0.2, -0.15) is 0 Å².